The molecule has 0 aromatic carbocycles. The summed E-state index contributed by atoms with van der Waals surface area (Å²) >= 11 is 5.73. The van der Waals surface area contributed by atoms with Crippen molar-refractivity contribution in [3.05, 3.63) is 53.2 Å². The Balaban J connectivity index is 1.90. The molecule has 0 bridgehead atoms. The minimum atomic E-state index is 0.480. The van der Waals surface area contributed by atoms with Crippen molar-refractivity contribution in [2.24, 2.45) is 0 Å². The maximum absolute atomic E-state index is 5.73. The lowest BCUT2D eigenvalue weighted by atomic mass is 10.3. The van der Waals surface area contributed by atoms with E-state index in [-0.39, 0.29) is 0 Å². The van der Waals surface area contributed by atoms with Gasteiger partial charge in [0, 0.05) is 18.3 Å². The van der Waals surface area contributed by atoms with Crippen LogP contribution in [-0.2, 0) is 11.3 Å². The van der Waals surface area contributed by atoms with E-state index in [9.17, 15) is 0 Å². The molecule has 0 saturated heterocycles. The van der Waals surface area contributed by atoms with Crippen LogP contribution in [0.15, 0.2) is 42.4 Å². The summed E-state index contributed by atoms with van der Waals surface area (Å²) < 4.78 is 5.56. The summed E-state index contributed by atoms with van der Waals surface area (Å²) in [6.07, 6.45) is 7.60. The summed E-state index contributed by atoms with van der Waals surface area (Å²) in [6.45, 7) is 1.41. The molecule has 2 N–H and O–H groups in total. The summed E-state index contributed by atoms with van der Waals surface area (Å²) in [5, 5.41) is 2.72. The Labute approximate surface area is 93.4 Å². The number of rotatable bonds is 3. The molecule has 2 rings (SSSR count). The molecular formula is C11H12ClN2O+. The van der Waals surface area contributed by atoms with Crippen molar-refractivity contribution in [1.82, 2.24) is 4.98 Å². The number of pyridine rings is 1. The third-order valence-electron chi connectivity index (χ3n) is 2.03. The fraction of sp³-hybridized carbons (Fsp3) is 0.182. The topological polar surface area (TPSA) is 38.7 Å². The zero-order chi connectivity index (χ0) is 10.5. The third-order valence-corrected chi connectivity index (χ3v) is 2.25. The van der Waals surface area contributed by atoms with Gasteiger partial charge in [0.1, 0.15) is 18.9 Å². The van der Waals surface area contributed by atoms with Gasteiger partial charge in [0.05, 0.1) is 16.9 Å². The van der Waals surface area contributed by atoms with E-state index in [4.69, 9.17) is 16.3 Å². The second-order valence-corrected chi connectivity index (χ2v) is 3.63. The fourth-order valence-corrected chi connectivity index (χ4v) is 1.36. The molecule has 2 heterocycles. The number of nitrogens with zero attached hydrogens (tertiary/aromatic N) is 1. The number of hydrogen-bond donors (Lipinski definition) is 1. The van der Waals surface area contributed by atoms with Gasteiger partial charge in [0.2, 0.25) is 0 Å². The minimum absolute atomic E-state index is 0.480. The molecule has 0 radical (unpaired) electrons. The van der Waals surface area contributed by atoms with Crippen LogP contribution in [0.1, 0.15) is 5.69 Å². The highest BCUT2D eigenvalue weighted by atomic mass is 35.5. The van der Waals surface area contributed by atoms with E-state index in [0.717, 1.165) is 18.0 Å². The molecule has 0 saturated carbocycles. The Morgan fingerprint density at radius 1 is 1.47 bits per heavy atom. The number of ether oxygens (including phenoxy) is 1. The molecule has 0 amide bonds. The molecule has 1 aliphatic heterocycles. The minimum Gasteiger partial charge on any atom is -0.487 e. The van der Waals surface area contributed by atoms with Crippen LogP contribution in [0.2, 0.25) is 5.02 Å². The number of quaternary nitrogens is 1. The van der Waals surface area contributed by atoms with Crippen molar-refractivity contribution in [2.75, 3.05) is 6.54 Å². The molecular weight excluding hydrogens is 212 g/mol. The smallest absolute Gasteiger partial charge is 0.130 e. The van der Waals surface area contributed by atoms with Gasteiger partial charge >= 0.3 is 0 Å². The van der Waals surface area contributed by atoms with Gasteiger partial charge in [-0.2, -0.15) is 0 Å². The van der Waals surface area contributed by atoms with E-state index >= 15 is 0 Å². The van der Waals surface area contributed by atoms with Crippen LogP contribution < -0.4 is 5.32 Å². The maximum Gasteiger partial charge on any atom is 0.130 e. The predicted molar refractivity (Wildman–Crippen MR) is 58.1 cm³/mol. The first-order chi connectivity index (χ1) is 7.34. The summed E-state index contributed by atoms with van der Waals surface area (Å²) in [6, 6.07) is 3.67. The first-order valence-electron chi connectivity index (χ1n) is 4.78. The first kappa shape index (κ1) is 10.2. The Kier molecular flexibility index (Phi) is 3.37. The van der Waals surface area contributed by atoms with Crippen LogP contribution in [0, 0.1) is 0 Å². The SMILES string of the molecule is Clc1ccc(COC2=CC[NH2+]C=C2)nc1. The Morgan fingerprint density at radius 2 is 2.40 bits per heavy atom. The summed E-state index contributed by atoms with van der Waals surface area (Å²) in [5.41, 5.74) is 0.878. The zero-order valence-electron chi connectivity index (χ0n) is 8.19. The average Bonchev–Trinajstić information content (AvgIpc) is 2.30. The third kappa shape index (κ3) is 3.08. The molecule has 1 aromatic heterocycles. The lowest BCUT2D eigenvalue weighted by molar-refractivity contribution is -0.579. The first-order valence-corrected chi connectivity index (χ1v) is 5.15. The van der Waals surface area contributed by atoms with Gasteiger partial charge in [-0.15, -0.1) is 0 Å². The van der Waals surface area contributed by atoms with Gasteiger partial charge in [0.25, 0.3) is 0 Å². The molecule has 0 fully saturated rings. The number of nitrogens with two attached hydrogens (primary N) is 1. The molecule has 0 aliphatic carbocycles. The molecule has 0 atom stereocenters. The summed E-state index contributed by atoms with van der Waals surface area (Å²) in [5.74, 6) is 0.897. The molecule has 15 heavy (non-hydrogen) atoms. The quantitative estimate of drug-likeness (QED) is 0.837. The van der Waals surface area contributed by atoms with E-state index in [2.05, 4.69) is 10.3 Å². The Morgan fingerprint density at radius 3 is 3.07 bits per heavy atom. The molecule has 3 nitrogen and oxygen atoms in total. The van der Waals surface area contributed by atoms with Gasteiger partial charge in [-0.1, -0.05) is 11.6 Å². The van der Waals surface area contributed by atoms with Crippen molar-refractivity contribution in [3.63, 3.8) is 0 Å². The van der Waals surface area contributed by atoms with Gasteiger partial charge in [-0.25, -0.2) is 0 Å². The van der Waals surface area contributed by atoms with Crippen LogP contribution in [0.4, 0.5) is 0 Å². The van der Waals surface area contributed by atoms with Crippen molar-refractivity contribution in [1.29, 1.82) is 0 Å². The molecule has 78 valence electrons. The number of aromatic nitrogens is 1. The van der Waals surface area contributed by atoms with Crippen LogP contribution in [0.5, 0.6) is 0 Å². The van der Waals surface area contributed by atoms with Gasteiger partial charge in [-0.05, 0) is 12.1 Å². The second kappa shape index (κ2) is 4.96. The van der Waals surface area contributed by atoms with Crippen molar-refractivity contribution in [3.8, 4) is 0 Å². The van der Waals surface area contributed by atoms with Gasteiger partial charge in [-0.3, -0.25) is 4.98 Å². The largest absolute Gasteiger partial charge is 0.487 e. The fourth-order valence-electron chi connectivity index (χ4n) is 1.25. The van der Waals surface area contributed by atoms with Gasteiger partial charge < -0.3 is 10.1 Å². The zero-order valence-corrected chi connectivity index (χ0v) is 8.95. The lowest BCUT2D eigenvalue weighted by Crippen LogP contribution is -2.78. The summed E-state index contributed by atoms with van der Waals surface area (Å²) in [4.78, 5) is 4.15. The summed E-state index contributed by atoms with van der Waals surface area (Å²) in [7, 11) is 0. The van der Waals surface area contributed by atoms with Crippen molar-refractivity contribution >= 4 is 11.6 Å². The molecule has 1 aromatic rings. The second-order valence-electron chi connectivity index (χ2n) is 3.19. The molecule has 1 aliphatic rings. The van der Waals surface area contributed by atoms with E-state index in [1.807, 2.05) is 30.5 Å². The monoisotopic (exact) mass is 223 g/mol. The van der Waals surface area contributed by atoms with Crippen molar-refractivity contribution in [2.45, 2.75) is 6.61 Å². The van der Waals surface area contributed by atoms with Crippen LogP contribution >= 0.6 is 11.6 Å². The highest BCUT2D eigenvalue weighted by Gasteiger charge is 2.01. The number of halogens is 1. The van der Waals surface area contributed by atoms with Gasteiger partial charge in [0.15, 0.2) is 0 Å². The molecule has 0 spiro atoms. The standard InChI is InChI=1S/C11H11ClN2O/c12-9-1-2-10(14-7-9)8-15-11-3-5-13-6-4-11/h1-5,7,13H,6,8H2/p+1. The van der Waals surface area contributed by atoms with E-state index in [1.165, 1.54) is 0 Å². The lowest BCUT2D eigenvalue weighted by Gasteiger charge is -2.08. The maximum atomic E-state index is 5.73. The Bertz CT molecular complexity index is 384. The number of hydrogen-bond acceptors (Lipinski definition) is 2. The molecule has 4 heteroatoms. The number of allylic oxidation sites excluding steroid dienone is 1. The van der Waals surface area contributed by atoms with Crippen LogP contribution in [0.25, 0.3) is 0 Å². The van der Waals surface area contributed by atoms with Crippen molar-refractivity contribution < 1.29 is 10.1 Å². The van der Waals surface area contributed by atoms with E-state index < -0.39 is 0 Å². The van der Waals surface area contributed by atoms with Crippen LogP contribution in [-0.4, -0.2) is 11.5 Å². The predicted octanol–water partition coefficient (Wildman–Crippen LogP) is 1.23. The molecule has 0 unspecified atom stereocenters. The van der Waals surface area contributed by atoms with Crippen LogP contribution in [0.3, 0.4) is 0 Å². The van der Waals surface area contributed by atoms with E-state index in [0.29, 0.717) is 11.6 Å². The highest BCUT2D eigenvalue weighted by Crippen LogP contribution is 2.09. The highest BCUT2D eigenvalue weighted by molar-refractivity contribution is 6.30. The average molecular weight is 224 g/mol. The normalized spacial score (nSPS) is 14.9. The Hall–Kier alpha value is -1.32. The van der Waals surface area contributed by atoms with E-state index in [1.54, 1.807) is 6.20 Å².